The predicted molar refractivity (Wildman–Crippen MR) is 131 cm³/mol. The van der Waals surface area contributed by atoms with Crippen molar-refractivity contribution in [2.45, 2.75) is 12.5 Å². The van der Waals surface area contributed by atoms with Crippen LogP contribution in [0.15, 0.2) is 24.3 Å². The number of phenols is 1. The zero-order valence-electron chi connectivity index (χ0n) is 12.9. The second kappa shape index (κ2) is 9.54. The number of halogens is 4. The van der Waals surface area contributed by atoms with Gasteiger partial charge in [0.15, 0.2) is 5.75 Å². The van der Waals surface area contributed by atoms with Crippen molar-refractivity contribution in [1.29, 1.82) is 0 Å². The van der Waals surface area contributed by atoms with E-state index in [1.54, 1.807) is 19.2 Å². The normalized spacial score (nSPS) is 11.9. The van der Waals surface area contributed by atoms with Crippen molar-refractivity contribution < 1.29 is 14.6 Å². The Morgan fingerprint density at radius 2 is 1.64 bits per heavy atom. The molecule has 2 aromatic rings. The summed E-state index contributed by atoms with van der Waals surface area (Å²) in [5, 5.41) is 12.4. The Kier molecular flexibility index (Phi) is 8.28. The van der Waals surface area contributed by atoms with Crippen molar-refractivity contribution in [1.82, 2.24) is 5.32 Å². The lowest BCUT2D eigenvalue weighted by molar-refractivity contribution is -0.121. The number of phenolic OH excluding ortho intramolecular Hbond substituents is 1. The average Bonchev–Trinajstić information content (AvgIpc) is 2.55. The summed E-state index contributed by atoms with van der Waals surface area (Å²) in [6.45, 7) is 0. The second-order valence-corrected chi connectivity index (χ2v) is 9.80. The lowest BCUT2D eigenvalue weighted by Crippen LogP contribution is -2.40. The molecular formula is C16H14I4N2O3. The SMILES string of the molecule is CNC(=O)[C@@H](N)Cc1cc(I)c(Oc2cc(I)c(O)c(I)c2)c(I)c1. The molecule has 0 radical (unpaired) electrons. The molecule has 9 heteroatoms. The van der Waals surface area contributed by atoms with Gasteiger partial charge in [-0.15, -0.1) is 0 Å². The Labute approximate surface area is 200 Å². The van der Waals surface area contributed by atoms with Gasteiger partial charge in [-0.2, -0.15) is 0 Å². The molecule has 25 heavy (non-hydrogen) atoms. The molecule has 0 saturated heterocycles. The largest absolute Gasteiger partial charge is 0.506 e. The highest BCUT2D eigenvalue weighted by Gasteiger charge is 2.16. The fraction of sp³-hybridized carbons (Fsp3) is 0.188. The summed E-state index contributed by atoms with van der Waals surface area (Å²) >= 11 is 8.57. The number of benzene rings is 2. The van der Waals surface area contributed by atoms with Crippen LogP contribution >= 0.6 is 90.4 Å². The molecule has 0 heterocycles. The van der Waals surface area contributed by atoms with Crippen LogP contribution in [0.1, 0.15) is 5.56 Å². The maximum Gasteiger partial charge on any atom is 0.237 e. The molecule has 5 nitrogen and oxygen atoms in total. The van der Waals surface area contributed by atoms with E-state index < -0.39 is 6.04 Å². The van der Waals surface area contributed by atoms with Gasteiger partial charge in [-0.05, 0) is 127 Å². The summed E-state index contributed by atoms with van der Waals surface area (Å²) in [6.07, 6.45) is 0.459. The third-order valence-corrected chi connectivity index (χ3v) is 6.55. The summed E-state index contributed by atoms with van der Waals surface area (Å²) in [4.78, 5) is 11.6. The number of hydrogen-bond acceptors (Lipinski definition) is 4. The van der Waals surface area contributed by atoms with Crippen LogP contribution < -0.4 is 15.8 Å². The summed E-state index contributed by atoms with van der Waals surface area (Å²) in [5.41, 5.74) is 6.87. The lowest BCUT2D eigenvalue weighted by Gasteiger charge is -2.15. The molecule has 4 N–H and O–H groups in total. The second-order valence-electron chi connectivity index (χ2n) is 5.15. The first-order valence-electron chi connectivity index (χ1n) is 7.04. The molecular weight excluding hydrogens is 776 g/mol. The van der Waals surface area contributed by atoms with Crippen LogP contribution in [-0.4, -0.2) is 24.1 Å². The van der Waals surface area contributed by atoms with Gasteiger partial charge in [-0.25, -0.2) is 0 Å². The summed E-state index contributed by atoms with van der Waals surface area (Å²) < 4.78 is 9.37. The van der Waals surface area contributed by atoms with Crippen molar-refractivity contribution in [3.8, 4) is 17.2 Å². The fourth-order valence-corrected chi connectivity index (χ4v) is 5.91. The van der Waals surface area contributed by atoms with E-state index in [0.29, 0.717) is 12.2 Å². The molecule has 0 aromatic heterocycles. The third kappa shape index (κ3) is 5.68. The Bertz CT molecular complexity index is 768. The highest BCUT2D eigenvalue weighted by atomic mass is 127. The van der Waals surface area contributed by atoms with Crippen LogP contribution in [0.4, 0.5) is 0 Å². The third-order valence-electron chi connectivity index (χ3n) is 3.31. The van der Waals surface area contributed by atoms with Gasteiger partial charge >= 0.3 is 0 Å². The number of likely N-dealkylation sites (N-methyl/N-ethyl adjacent to an activating group) is 1. The molecule has 0 fully saturated rings. The van der Waals surface area contributed by atoms with Gasteiger partial charge in [0.1, 0.15) is 11.5 Å². The van der Waals surface area contributed by atoms with Crippen LogP contribution in [0.25, 0.3) is 0 Å². The number of hydrogen-bond donors (Lipinski definition) is 3. The molecule has 0 aliphatic carbocycles. The highest BCUT2D eigenvalue weighted by molar-refractivity contribution is 14.1. The summed E-state index contributed by atoms with van der Waals surface area (Å²) in [6, 6.07) is 6.94. The molecule has 134 valence electrons. The number of rotatable bonds is 5. The van der Waals surface area contributed by atoms with Gasteiger partial charge in [0.2, 0.25) is 5.91 Å². The van der Waals surface area contributed by atoms with Crippen molar-refractivity contribution in [3.63, 3.8) is 0 Å². The molecule has 0 aliphatic rings. The Morgan fingerprint density at radius 1 is 1.12 bits per heavy atom. The predicted octanol–water partition coefficient (Wildman–Crippen LogP) is 4.22. The minimum absolute atomic E-state index is 0.182. The summed E-state index contributed by atoms with van der Waals surface area (Å²) in [5.74, 6) is 1.49. The molecule has 2 rings (SSSR count). The van der Waals surface area contributed by atoms with Crippen LogP contribution in [0.5, 0.6) is 17.2 Å². The van der Waals surface area contributed by atoms with Gasteiger partial charge in [-0.1, -0.05) is 0 Å². The van der Waals surface area contributed by atoms with E-state index in [-0.39, 0.29) is 11.7 Å². The monoisotopic (exact) mass is 790 g/mol. The van der Waals surface area contributed by atoms with E-state index in [1.165, 1.54) is 0 Å². The average molecular weight is 790 g/mol. The van der Waals surface area contributed by atoms with Crippen molar-refractivity contribution >= 4 is 96.3 Å². The van der Waals surface area contributed by atoms with Crippen LogP contribution in [0.2, 0.25) is 0 Å². The summed E-state index contributed by atoms with van der Waals surface area (Å²) in [7, 11) is 1.58. The molecule has 1 atom stereocenters. The number of aromatic hydroxyl groups is 1. The molecule has 0 unspecified atom stereocenters. The number of nitrogens with two attached hydrogens (primary N) is 1. The van der Waals surface area contributed by atoms with E-state index >= 15 is 0 Å². The maximum atomic E-state index is 11.6. The zero-order chi connectivity index (χ0) is 18.7. The van der Waals surface area contributed by atoms with E-state index in [4.69, 9.17) is 10.5 Å². The van der Waals surface area contributed by atoms with E-state index in [2.05, 4.69) is 95.7 Å². The number of carbonyl (C=O) groups is 1. The van der Waals surface area contributed by atoms with Crippen LogP contribution in [-0.2, 0) is 11.2 Å². The molecule has 2 aromatic carbocycles. The molecule has 0 saturated carbocycles. The minimum Gasteiger partial charge on any atom is -0.506 e. The van der Waals surface area contributed by atoms with Crippen molar-refractivity contribution in [2.75, 3.05) is 7.05 Å². The van der Waals surface area contributed by atoms with Gasteiger partial charge < -0.3 is 20.9 Å². The van der Waals surface area contributed by atoms with Crippen molar-refractivity contribution in [2.24, 2.45) is 5.73 Å². The molecule has 1 amide bonds. The number of amides is 1. The highest BCUT2D eigenvalue weighted by Crippen LogP contribution is 2.36. The zero-order valence-corrected chi connectivity index (χ0v) is 21.6. The number of carbonyl (C=O) groups excluding carboxylic acids is 1. The lowest BCUT2D eigenvalue weighted by atomic mass is 10.1. The first-order chi connectivity index (χ1) is 11.7. The Balaban J connectivity index is 2.27. The number of ether oxygens (including phenoxy) is 1. The molecule has 0 bridgehead atoms. The van der Waals surface area contributed by atoms with Gasteiger partial charge in [0, 0.05) is 7.05 Å². The van der Waals surface area contributed by atoms with Gasteiger partial charge in [-0.3, -0.25) is 4.79 Å². The van der Waals surface area contributed by atoms with E-state index in [1.807, 2.05) is 12.1 Å². The van der Waals surface area contributed by atoms with Gasteiger partial charge in [0.05, 0.1) is 20.3 Å². The Hall–Kier alpha value is 0.390. The topological polar surface area (TPSA) is 84.6 Å². The minimum atomic E-state index is -0.580. The Morgan fingerprint density at radius 3 is 2.12 bits per heavy atom. The smallest absolute Gasteiger partial charge is 0.237 e. The van der Waals surface area contributed by atoms with Crippen LogP contribution in [0.3, 0.4) is 0 Å². The van der Waals surface area contributed by atoms with Crippen molar-refractivity contribution in [3.05, 3.63) is 44.1 Å². The molecule has 0 spiro atoms. The first-order valence-corrected chi connectivity index (χ1v) is 11.4. The van der Waals surface area contributed by atoms with E-state index in [0.717, 1.165) is 25.6 Å². The standard InChI is InChI=1S/C16H14I4N2O3/c1-22-16(24)13(21)4-7-2-11(19)15(12(20)3-7)25-8-5-9(17)14(23)10(18)6-8/h2-3,5-6,13,23H,4,21H2,1H3,(H,22,24)/t13-/m0/s1. The molecule has 0 aliphatic heterocycles. The van der Waals surface area contributed by atoms with Crippen LogP contribution in [0, 0.1) is 14.3 Å². The van der Waals surface area contributed by atoms with E-state index in [9.17, 15) is 9.90 Å². The first kappa shape index (κ1) is 21.7. The van der Waals surface area contributed by atoms with Gasteiger partial charge in [0.25, 0.3) is 0 Å². The fourth-order valence-electron chi connectivity index (χ4n) is 2.08. The number of nitrogens with one attached hydrogen (secondary N) is 1. The maximum absolute atomic E-state index is 11.6. The quantitative estimate of drug-likeness (QED) is 0.397.